The maximum absolute atomic E-state index is 14.0. The fourth-order valence-corrected chi connectivity index (χ4v) is 3.68. The van der Waals surface area contributed by atoms with Gasteiger partial charge in [0.25, 0.3) is 0 Å². The quantitative estimate of drug-likeness (QED) is 0.389. The number of nitrogens with zero attached hydrogens (tertiary/aromatic N) is 4. The van der Waals surface area contributed by atoms with Gasteiger partial charge in [-0.05, 0) is 24.0 Å². The number of benzene rings is 1. The highest BCUT2D eigenvalue weighted by Crippen LogP contribution is 2.27. The molecule has 2 heterocycles. The molecule has 1 N–H and O–H groups in total. The van der Waals surface area contributed by atoms with Crippen molar-refractivity contribution in [1.82, 2.24) is 19.8 Å². The van der Waals surface area contributed by atoms with Crippen LogP contribution in [0.1, 0.15) is 37.8 Å². The van der Waals surface area contributed by atoms with Gasteiger partial charge in [0.05, 0.1) is 12.4 Å². The average molecular weight is 503 g/mol. The Bertz CT molecular complexity index is 781. The van der Waals surface area contributed by atoms with Gasteiger partial charge in [-0.15, -0.1) is 24.0 Å². The molecule has 3 atom stereocenters. The Morgan fingerprint density at radius 1 is 1.39 bits per heavy atom. The lowest BCUT2D eigenvalue weighted by Crippen LogP contribution is -2.49. The molecule has 1 aliphatic rings. The van der Waals surface area contributed by atoms with Gasteiger partial charge in [0, 0.05) is 51.1 Å². The summed E-state index contributed by atoms with van der Waals surface area (Å²) in [6.07, 6.45) is 6.73. The highest BCUT2D eigenvalue weighted by atomic mass is 127. The van der Waals surface area contributed by atoms with Crippen molar-refractivity contribution >= 4 is 29.9 Å². The van der Waals surface area contributed by atoms with Crippen LogP contribution in [-0.4, -0.2) is 47.1 Å². The standard InChI is InChI=1S/C20H27F2N5.HI/c1-14-6-8-26(12-19(14)27-9-7-24-13-27)20(23-3)25-11-15(2)17-5-4-16(21)10-18(17)22;/h4-5,7,9-10,13-15,19H,6,8,11-12H2,1-3H3,(H,23,25);1H. The summed E-state index contributed by atoms with van der Waals surface area (Å²) in [6, 6.07) is 4.08. The third-order valence-electron chi connectivity index (χ3n) is 5.40. The number of aromatic nitrogens is 2. The Labute approximate surface area is 182 Å². The topological polar surface area (TPSA) is 45.5 Å². The molecule has 1 saturated heterocycles. The molecule has 0 saturated carbocycles. The zero-order chi connectivity index (χ0) is 19.4. The predicted molar refractivity (Wildman–Crippen MR) is 118 cm³/mol. The van der Waals surface area contributed by atoms with Crippen molar-refractivity contribution in [2.24, 2.45) is 10.9 Å². The minimum atomic E-state index is -0.555. The molecule has 0 bridgehead atoms. The summed E-state index contributed by atoms with van der Waals surface area (Å²) in [6.45, 7) is 6.47. The van der Waals surface area contributed by atoms with Crippen LogP contribution in [0.5, 0.6) is 0 Å². The number of rotatable bonds is 4. The molecule has 3 rings (SSSR count). The number of imidazole rings is 1. The van der Waals surface area contributed by atoms with Gasteiger partial charge < -0.3 is 14.8 Å². The molecular formula is C20H28F2IN5. The normalized spacial score (nSPS) is 21.2. The Morgan fingerprint density at radius 2 is 2.18 bits per heavy atom. The third kappa shape index (κ3) is 5.21. The first-order valence-electron chi connectivity index (χ1n) is 9.37. The monoisotopic (exact) mass is 503 g/mol. The maximum Gasteiger partial charge on any atom is 0.193 e. The summed E-state index contributed by atoms with van der Waals surface area (Å²) < 4.78 is 29.3. The van der Waals surface area contributed by atoms with E-state index >= 15 is 0 Å². The van der Waals surface area contributed by atoms with Gasteiger partial charge in [-0.25, -0.2) is 13.8 Å². The van der Waals surface area contributed by atoms with E-state index in [4.69, 9.17) is 0 Å². The third-order valence-corrected chi connectivity index (χ3v) is 5.40. The van der Waals surface area contributed by atoms with Crippen LogP contribution in [0.4, 0.5) is 8.78 Å². The highest BCUT2D eigenvalue weighted by molar-refractivity contribution is 14.0. The van der Waals surface area contributed by atoms with Crippen molar-refractivity contribution in [1.29, 1.82) is 0 Å². The number of hydrogen-bond donors (Lipinski definition) is 1. The number of nitrogens with one attached hydrogen (secondary N) is 1. The van der Waals surface area contributed by atoms with Crippen molar-refractivity contribution in [3.8, 4) is 0 Å². The van der Waals surface area contributed by atoms with Crippen LogP contribution in [0.3, 0.4) is 0 Å². The van der Waals surface area contributed by atoms with E-state index in [9.17, 15) is 8.78 Å². The number of guanidine groups is 1. The summed E-state index contributed by atoms with van der Waals surface area (Å²) in [5.41, 5.74) is 0.503. The van der Waals surface area contributed by atoms with Gasteiger partial charge >= 0.3 is 0 Å². The smallest absolute Gasteiger partial charge is 0.193 e. The first kappa shape index (κ1) is 22.6. The Balaban J connectivity index is 0.00000280. The van der Waals surface area contributed by atoms with E-state index < -0.39 is 11.6 Å². The molecule has 0 spiro atoms. The number of halogens is 3. The Kier molecular flexibility index (Phi) is 8.21. The summed E-state index contributed by atoms with van der Waals surface area (Å²) >= 11 is 0. The van der Waals surface area contributed by atoms with E-state index in [0.717, 1.165) is 31.5 Å². The molecule has 5 nitrogen and oxygen atoms in total. The van der Waals surface area contributed by atoms with Gasteiger partial charge in [0.1, 0.15) is 11.6 Å². The Morgan fingerprint density at radius 3 is 2.82 bits per heavy atom. The second-order valence-electron chi connectivity index (χ2n) is 7.28. The van der Waals surface area contributed by atoms with Crippen molar-refractivity contribution in [3.63, 3.8) is 0 Å². The first-order chi connectivity index (χ1) is 13.0. The van der Waals surface area contributed by atoms with Gasteiger partial charge in [-0.2, -0.15) is 0 Å². The van der Waals surface area contributed by atoms with Gasteiger partial charge in [-0.3, -0.25) is 4.99 Å². The van der Waals surface area contributed by atoms with E-state index in [2.05, 4.69) is 31.7 Å². The number of piperidine rings is 1. The molecule has 28 heavy (non-hydrogen) atoms. The van der Waals surface area contributed by atoms with E-state index in [0.29, 0.717) is 24.1 Å². The molecule has 0 aliphatic carbocycles. The van der Waals surface area contributed by atoms with Crippen LogP contribution >= 0.6 is 24.0 Å². The SMILES string of the molecule is CN=C(NCC(C)c1ccc(F)cc1F)N1CCC(C)C(n2ccnc2)C1.I. The largest absolute Gasteiger partial charge is 0.356 e. The Hall–Kier alpha value is -1.71. The van der Waals surface area contributed by atoms with Gasteiger partial charge in [-0.1, -0.05) is 19.9 Å². The van der Waals surface area contributed by atoms with Gasteiger partial charge in [0.15, 0.2) is 5.96 Å². The molecule has 8 heteroatoms. The molecule has 0 amide bonds. The van der Waals surface area contributed by atoms with Crippen LogP contribution in [0, 0.1) is 17.6 Å². The predicted octanol–water partition coefficient (Wildman–Crippen LogP) is 4.04. The second kappa shape index (κ2) is 10.2. The second-order valence-corrected chi connectivity index (χ2v) is 7.28. The summed E-state index contributed by atoms with van der Waals surface area (Å²) in [5, 5.41) is 3.35. The lowest BCUT2D eigenvalue weighted by Gasteiger charge is -2.39. The van der Waals surface area contributed by atoms with Crippen molar-refractivity contribution in [2.45, 2.75) is 32.2 Å². The lowest BCUT2D eigenvalue weighted by atomic mass is 9.93. The fraction of sp³-hybridized carbons (Fsp3) is 0.500. The first-order valence-corrected chi connectivity index (χ1v) is 9.37. The number of hydrogen-bond acceptors (Lipinski definition) is 2. The van der Waals surface area contributed by atoms with Crippen LogP contribution in [0.25, 0.3) is 0 Å². The van der Waals surface area contributed by atoms with Crippen LogP contribution in [0.15, 0.2) is 41.9 Å². The number of aliphatic imine (C=N–C) groups is 1. The maximum atomic E-state index is 14.0. The average Bonchev–Trinajstić information content (AvgIpc) is 3.17. The van der Waals surface area contributed by atoms with Crippen molar-refractivity contribution in [3.05, 3.63) is 54.1 Å². The van der Waals surface area contributed by atoms with E-state index in [1.165, 1.54) is 12.1 Å². The zero-order valence-electron chi connectivity index (χ0n) is 16.5. The van der Waals surface area contributed by atoms with E-state index in [1.54, 1.807) is 13.2 Å². The lowest BCUT2D eigenvalue weighted by molar-refractivity contribution is 0.189. The minimum Gasteiger partial charge on any atom is -0.356 e. The van der Waals surface area contributed by atoms with E-state index in [1.807, 2.05) is 19.4 Å². The number of likely N-dealkylation sites (tertiary alicyclic amines) is 1. The van der Waals surface area contributed by atoms with Crippen LogP contribution in [0.2, 0.25) is 0 Å². The van der Waals surface area contributed by atoms with E-state index in [-0.39, 0.29) is 29.9 Å². The zero-order valence-corrected chi connectivity index (χ0v) is 18.8. The molecule has 3 unspecified atom stereocenters. The van der Waals surface area contributed by atoms with Crippen LogP contribution in [-0.2, 0) is 0 Å². The molecule has 1 fully saturated rings. The molecular weight excluding hydrogens is 475 g/mol. The van der Waals surface area contributed by atoms with Gasteiger partial charge in [0.2, 0.25) is 0 Å². The molecule has 1 aromatic carbocycles. The molecule has 1 aromatic heterocycles. The van der Waals surface area contributed by atoms with Crippen LogP contribution < -0.4 is 5.32 Å². The summed E-state index contributed by atoms with van der Waals surface area (Å²) in [5.74, 6) is 0.198. The molecule has 2 aromatic rings. The van der Waals surface area contributed by atoms with Crippen molar-refractivity contribution < 1.29 is 8.78 Å². The summed E-state index contributed by atoms with van der Waals surface area (Å²) in [4.78, 5) is 10.8. The molecule has 1 aliphatic heterocycles. The minimum absolute atomic E-state index is 0. The molecule has 0 radical (unpaired) electrons. The fourth-order valence-electron chi connectivity index (χ4n) is 3.68. The molecule has 154 valence electrons. The highest BCUT2D eigenvalue weighted by Gasteiger charge is 2.29. The van der Waals surface area contributed by atoms with Crippen molar-refractivity contribution in [2.75, 3.05) is 26.7 Å². The summed E-state index contributed by atoms with van der Waals surface area (Å²) in [7, 11) is 1.76.